The van der Waals surface area contributed by atoms with Gasteiger partial charge in [0.05, 0.1) is 39.0 Å². The van der Waals surface area contributed by atoms with Crippen LogP contribution in [0.1, 0.15) is 36.0 Å². The third-order valence-corrected chi connectivity index (χ3v) is 10.00. The zero-order valence-electron chi connectivity index (χ0n) is 25.0. The first-order chi connectivity index (χ1) is 20.7. The summed E-state index contributed by atoms with van der Waals surface area (Å²) in [6.45, 7) is 3.76. The van der Waals surface area contributed by atoms with Gasteiger partial charge in [-0.25, -0.2) is 0 Å². The summed E-state index contributed by atoms with van der Waals surface area (Å²) < 4.78 is 72.9. The monoisotopic (exact) mass is 628 g/mol. The van der Waals surface area contributed by atoms with E-state index in [9.17, 15) is 26.4 Å². The van der Waals surface area contributed by atoms with Gasteiger partial charge in [0, 0.05) is 36.2 Å². The molecule has 1 amide bonds. The fourth-order valence-corrected chi connectivity index (χ4v) is 6.87. The van der Waals surface area contributed by atoms with E-state index in [4.69, 9.17) is 4.74 Å². The lowest BCUT2D eigenvalue weighted by Crippen LogP contribution is -2.50. The van der Waals surface area contributed by atoms with Crippen molar-refractivity contribution >= 4 is 33.4 Å². The summed E-state index contributed by atoms with van der Waals surface area (Å²) in [5.74, 6) is -0.506. The third kappa shape index (κ3) is 6.85. The number of benzene rings is 3. The van der Waals surface area contributed by atoms with Crippen molar-refractivity contribution in [3.63, 3.8) is 0 Å². The number of anilines is 2. The van der Waals surface area contributed by atoms with E-state index < -0.39 is 28.0 Å². The summed E-state index contributed by atoms with van der Waals surface area (Å²) in [5, 5.41) is 2.84. The lowest BCUT2D eigenvalue weighted by atomic mass is 9.99. The number of sulfonamides is 1. The number of amides is 1. The summed E-state index contributed by atoms with van der Waals surface area (Å²) in [6.07, 6.45) is 3.29. The van der Waals surface area contributed by atoms with Crippen molar-refractivity contribution in [3.05, 3.63) is 89.0 Å². The highest BCUT2D eigenvalue weighted by Gasteiger charge is 2.51. The van der Waals surface area contributed by atoms with Gasteiger partial charge in [0.1, 0.15) is 6.54 Å². The maximum absolute atomic E-state index is 13.7. The summed E-state index contributed by atoms with van der Waals surface area (Å²) in [4.78, 5) is 13.4. The fourth-order valence-electron chi connectivity index (χ4n) is 5.87. The molecule has 1 N–H and O–H groups in total. The Morgan fingerprint density at radius 3 is 2.25 bits per heavy atom. The van der Waals surface area contributed by atoms with Crippen LogP contribution in [-0.4, -0.2) is 64.2 Å². The SMILES string of the molecule is Cc1ccc(-c2ccc3c(c2)C=C(C(=O)Nc2ccc(C[N+](C)(C)C4CCOCC4)cc2)CCN3S(=O)(=O)C(F)(F)F)cc1. The fraction of sp³-hybridized carbons (Fsp3) is 0.364. The molecule has 1 saturated heterocycles. The largest absolute Gasteiger partial charge is 0.516 e. The molecule has 0 atom stereocenters. The van der Waals surface area contributed by atoms with Gasteiger partial charge in [0.2, 0.25) is 0 Å². The molecule has 0 bridgehead atoms. The van der Waals surface area contributed by atoms with E-state index in [-0.39, 0.29) is 23.2 Å². The van der Waals surface area contributed by atoms with Crippen LogP contribution >= 0.6 is 0 Å². The molecule has 7 nitrogen and oxygen atoms in total. The maximum atomic E-state index is 13.7. The van der Waals surface area contributed by atoms with E-state index in [1.807, 2.05) is 43.3 Å². The number of nitrogens with one attached hydrogen (secondary N) is 1. The zero-order valence-corrected chi connectivity index (χ0v) is 25.8. The second-order valence-electron chi connectivity index (χ2n) is 12.0. The molecule has 0 radical (unpaired) electrons. The average molecular weight is 629 g/mol. The number of carbonyl (C=O) groups excluding carboxylic acids is 1. The van der Waals surface area contributed by atoms with Gasteiger partial charge < -0.3 is 14.5 Å². The molecule has 3 aromatic rings. The summed E-state index contributed by atoms with van der Waals surface area (Å²) in [6, 6.07) is 20.2. The Morgan fingerprint density at radius 1 is 0.977 bits per heavy atom. The molecule has 2 aliphatic rings. The molecule has 3 aromatic carbocycles. The van der Waals surface area contributed by atoms with Gasteiger partial charge in [0.15, 0.2) is 0 Å². The van der Waals surface area contributed by atoms with Gasteiger partial charge in [-0.3, -0.25) is 9.10 Å². The van der Waals surface area contributed by atoms with E-state index in [1.54, 1.807) is 24.3 Å². The van der Waals surface area contributed by atoms with E-state index >= 15 is 0 Å². The first-order valence-electron chi connectivity index (χ1n) is 14.6. The second kappa shape index (κ2) is 12.4. The van der Waals surface area contributed by atoms with Gasteiger partial charge in [-0.1, -0.05) is 48.0 Å². The number of nitrogens with zero attached hydrogens (tertiary/aromatic N) is 2. The molecule has 0 saturated carbocycles. The molecule has 2 aliphatic heterocycles. The molecular formula is C33H37F3N3O4S+. The highest BCUT2D eigenvalue weighted by Crippen LogP contribution is 2.38. The second-order valence-corrected chi connectivity index (χ2v) is 13.9. The number of aryl methyl sites for hydroxylation is 1. The van der Waals surface area contributed by atoms with Crippen molar-refractivity contribution in [1.29, 1.82) is 0 Å². The predicted octanol–water partition coefficient (Wildman–Crippen LogP) is 6.50. The highest BCUT2D eigenvalue weighted by atomic mass is 32.2. The Bertz CT molecular complexity index is 1640. The normalized spacial score (nSPS) is 16.6. The van der Waals surface area contributed by atoms with E-state index in [2.05, 4.69) is 19.4 Å². The molecular weight excluding hydrogens is 591 g/mol. The molecule has 44 heavy (non-hydrogen) atoms. The number of hydrogen-bond donors (Lipinski definition) is 1. The minimum absolute atomic E-state index is 0.129. The van der Waals surface area contributed by atoms with E-state index in [1.165, 1.54) is 12.1 Å². The van der Waals surface area contributed by atoms with Crippen LogP contribution in [0.25, 0.3) is 17.2 Å². The van der Waals surface area contributed by atoms with Crippen LogP contribution in [0.2, 0.25) is 0 Å². The zero-order chi connectivity index (χ0) is 31.7. The Labute approximate surface area is 256 Å². The number of fused-ring (bicyclic) bond motifs is 1. The van der Waals surface area contributed by atoms with Gasteiger partial charge in [-0.15, -0.1) is 0 Å². The molecule has 1 fully saturated rings. The molecule has 0 spiro atoms. The number of rotatable bonds is 7. The third-order valence-electron chi connectivity index (χ3n) is 8.45. The molecule has 2 heterocycles. The smallest absolute Gasteiger partial charge is 0.381 e. The molecule has 234 valence electrons. The van der Waals surface area contributed by atoms with Crippen LogP contribution in [0.4, 0.5) is 24.5 Å². The van der Waals surface area contributed by atoms with Crippen LogP contribution in [0, 0.1) is 6.92 Å². The number of quaternary nitrogens is 1. The van der Waals surface area contributed by atoms with Gasteiger partial charge in [0.25, 0.3) is 5.91 Å². The number of alkyl halides is 3. The van der Waals surface area contributed by atoms with Gasteiger partial charge >= 0.3 is 15.5 Å². The minimum Gasteiger partial charge on any atom is -0.381 e. The van der Waals surface area contributed by atoms with Crippen molar-refractivity contribution < 1.29 is 35.6 Å². The minimum atomic E-state index is -5.70. The summed E-state index contributed by atoms with van der Waals surface area (Å²) in [7, 11) is -1.29. The van der Waals surface area contributed by atoms with Crippen LogP contribution in [0.3, 0.4) is 0 Å². The van der Waals surface area contributed by atoms with Crippen LogP contribution in [0.5, 0.6) is 0 Å². The Balaban J connectivity index is 1.39. The highest BCUT2D eigenvalue weighted by molar-refractivity contribution is 7.93. The standard InChI is InChI=1S/C33H36F3N3O4S/c1-23-4-8-25(9-5-23)26-10-13-31-28(20-26)21-27(14-17-38(31)44(41,42)33(34,35)36)32(40)37-29-11-6-24(7-12-29)22-39(2,3)30-15-18-43-19-16-30/h4-13,20-21,30H,14-19,22H2,1-3H3/p+1. The Kier molecular flexibility index (Phi) is 8.93. The molecule has 5 rings (SSSR count). The van der Waals surface area contributed by atoms with Crippen molar-refractivity contribution in [1.82, 2.24) is 0 Å². The maximum Gasteiger partial charge on any atom is 0.516 e. The number of ether oxygens (including phenoxy) is 1. The quantitative estimate of drug-likeness (QED) is 0.303. The van der Waals surface area contributed by atoms with Crippen LogP contribution < -0.4 is 9.62 Å². The van der Waals surface area contributed by atoms with Crippen LogP contribution in [0.15, 0.2) is 72.3 Å². The number of hydrogen-bond acceptors (Lipinski definition) is 4. The number of carbonyl (C=O) groups is 1. The van der Waals surface area contributed by atoms with Crippen molar-refractivity contribution in [2.24, 2.45) is 0 Å². The molecule has 0 aliphatic carbocycles. The van der Waals surface area contributed by atoms with Crippen molar-refractivity contribution in [2.45, 2.75) is 44.3 Å². The first kappa shape index (κ1) is 31.7. The van der Waals surface area contributed by atoms with Gasteiger partial charge in [-0.05, 0) is 60.4 Å². The van der Waals surface area contributed by atoms with Crippen molar-refractivity contribution in [3.8, 4) is 11.1 Å². The predicted molar refractivity (Wildman–Crippen MR) is 166 cm³/mol. The first-order valence-corrected chi connectivity index (χ1v) is 16.0. The van der Waals surface area contributed by atoms with E-state index in [0.717, 1.165) is 53.8 Å². The molecule has 0 aromatic heterocycles. The molecule has 0 unspecified atom stereocenters. The number of halogens is 3. The van der Waals surface area contributed by atoms with Gasteiger partial charge in [-0.2, -0.15) is 21.6 Å². The topological polar surface area (TPSA) is 75.7 Å². The lowest BCUT2D eigenvalue weighted by molar-refractivity contribution is -0.929. The van der Waals surface area contributed by atoms with Crippen LogP contribution in [-0.2, 0) is 26.1 Å². The average Bonchev–Trinajstić information content (AvgIpc) is 3.18. The summed E-state index contributed by atoms with van der Waals surface area (Å²) >= 11 is 0. The van der Waals surface area contributed by atoms with E-state index in [0.29, 0.717) is 21.6 Å². The summed E-state index contributed by atoms with van der Waals surface area (Å²) in [5.41, 5.74) is -1.06. The Morgan fingerprint density at radius 2 is 1.61 bits per heavy atom. The lowest BCUT2D eigenvalue weighted by Gasteiger charge is -2.40. The van der Waals surface area contributed by atoms with Crippen molar-refractivity contribution in [2.75, 3.05) is 43.5 Å². The Hall–Kier alpha value is -3.67. The molecule has 11 heteroatoms.